The average Bonchev–Trinajstić information content (AvgIpc) is 2.72. The lowest BCUT2D eigenvalue weighted by Crippen LogP contribution is -2.35. The number of nitrogens with zero attached hydrogens (tertiary/aromatic N) is 1. The smallest absolute Gasteiger partial charge is 0.226 e. The summed E-state index contributed by atoms with van der Waals surface area (Å²) in [6.07, 6.45) is 9.01. The van der Waals surface area contributed by atoms with Gasteiger partial charge in [0.05, 0.1) is 5.69 Å². The van der Waals surface area contributed by atoms with Crippen LogP contribution in [0.1, 0.15) is 55.9 Å². The van der Waals surface area contributed by atoms with Gasteiger partial charge in [0.2, 0.25) is 5.91 Å². The third kappa shape index (κ3) is 4.27. The highest BCUT2D eigenvalue weighted by molar-refractivity contribution is 7.17. The van der Waals surface area contributed by atoms with Gasteiger partial charge >= 0.3 is 0 Å². The number of nitrogens with two attached hydrogens (primary N) is 1. The zero-order valence-corrected chi connectivity index (χ0v) is 15.0. The van der Waals surface area contributed by atoms with Crippen LogP contribution in [0, 0.1) is 5.92 Å². The topological polar surface area (TPSA) is 58.4 Å². The lowest BCUT2D eigenvalue weighted by Gasteiger charge is -2.29. The second-order valence-electron chi connectivity index (χ2n) is 7.13. The van der Waals surface area contributed by atoms with E-state index in [1.165, 1.54) is 42.5 Å². The van der Waals surface area contributed by atoms with Crippen LogP contribution in [0.25, 0.3) is 0 Å². The Morgan fingerprint density at radius 1 is 1.26 bits per heavy atom. The summed E-state index contributed by atoms with van der Waals surface area (Å²) in [5.41, 5.74) is 8.41. The molecule has 0 unspecified atom stereocenters. The van der Waals surface area contributed by atoms with Crippen LogP contribution in [0.15, 0.2) is 0 Å². The Morgan fingerprint density at radius 2 is 2.00 bits per heavy atom. The molecular formula is C18H29N3OS. The van der Waals surface area contributed by atoms with Gasteiger partial charge in [-0.2, -0.15) is 0 Å². The lowest BCUT2D eigenvalue weighted by atomic mass is 9.99. The molecule has 1 amide bonds. The fourth-order valence-electron chi connectivity index (χ4n) is 3.59. The first-order valence-corrected chi connectivity index (χ1v) is 9.87. The first-order chi connectivity index (χ1) is 11.1. The van der Waals surface area contributed by atoms with Gasteiger partial charge in [-0.3, -0.25) is 4.79 Å². The molecule has 0 bridgehead atoms. The van der Waals surface area contributed by atoms with Gasteiger partial charge in [0, 0.05) is 17.8 Å². The molecule has 0 spiro atoms. The number of nitrogen functional groups attached to an aromatic ring is 1. The van der Waals surface area contributed by atoms with Crippen molar-refractivity contribution in [3.8, 4) is 0 Å². The molecular weight excluding hydrogens is 306 g/mol. The Kier molecular flexibility index (Phi) is 5.59. The highest BCUT2D eigenvalue weighted by Gasteiger charge is 2.20. The van der Waals surface area contributed by atoms with Gasteiger partial charge in [-0.15, -0.1) is 11.3 Å². The zero-order chi connectivity index (χ0) is 16.2. The molecule has 0 aromatic carbocycles. The number of aryl methyl sites for hydroxylation is 1. The molecule has 1 saturated heterocycles. The van der Waals surface area contributed by atoms with Gasteiger partial charge in [-0.05, 0) is 63.1 Å². The number of fused-ring (bicyclic) bond motifs is 1. The van der Waals surface area contributed by atoms with E-state index in [4.69, 9.17) is 5.73 Å². The zero-order valence-electron chi connectivity index (χ0n) is 14.2. The minimum atomic E-state index is 0.103. The largest absolute Gasteiger partial charge is 0.396 e. The van der Waals surface area contributed by atoms with E-state index in [2.05, 4.69) is 17.1 Å². The SMILES string of the molecule is CC1CCN(CCC(=O)Nc2sc3c(c2N)CCCCC3)CC1. The summed E-state index contributed by atoms with van der Waals surface area (Å²) in [7, 11) is 0. The van der Waals surface area contributed by atoms with Crippen LogP contribution in [0.2, 0.25) is 0 Å². The van der Waals surface area contributed by atoms with E-state index in [1.54, 1.807) is 11.3 Å². The van der Waals surface area contributed by atoms with Gasteiger partial charge in [-0.25, -0.2) is 0 Å². The highest BCUT2D eigenvalue weighted by atomic mass is 32.1. The number of anilines is 2. The molecule has 0 saturated carbocycles. The molecule has 3 rings (SSSR count). The van der Waals surface area contributed by atoms with Crippen molar-refractivity contribution < 1.29 is 4.79 Å². The highest BCUT2D eigenvalue weighted by Crippen LogP contribution is 2.39. The number of amides is 1. The molecule has 1 aliphatic carbocycles. The Hall–Kier alpha value is -1.07. The Labute approximate surface area is 143 Å². The van der Waals surface area contributed by atoms with Crippen LogP contribution in [-0.4, -0.2) is 30.4 Å². The summed E-state index contributed by atoms with van der Waals surface area (Å²) in [6, 6.07) is 0. The van der Waals surface area contributed by atoms with Crippen LogP contribution < -0.4 is 11.1 Å². The summed E-state index contributed by atoms with van der Waals surface area (Å²) < 4.78 is 0. The molecule has 3 N–H and O–H groups in total. The van der Waals surface area contributed by atoms with Gasteiger partial charge in [0.25, 0.3) is 0 Å². The second-order valence-corrected chi connectivity index (χ2v) is 8.23. The van der Waals surface area contributed by atoms with E-state index in [1.807, 2.05) is 0 Å². The maximum atomic E-state index is 12.3. The molecule has 1 aromatic heterocycles. The molecule has 0 atom stereocenters. The number of carbonyl (C=O) groups excluding carboxylic acids is 1. The fourth-order valence-corrected chi connectivity index (χ4v) is 4.82. The number of hydrogen-bond donors (Lipinski definition) is 2. The van der Waals surface area contributed by atoms with Crippen LogP contribution in [0.5, 0.6) is 0 Å². The van der Waals surface area contributed by atoms with Crippen molar-refractivity contribution in [2.24, 2.45) is 5.92 Å². The number of piperidine rings is 1. The summed E-state index contributed by atoms with van der Waals surface area (Å²) in [5, 5.41) is 3.95. The quantitative estimate of drug-likeness (QED) is 0.826. The normalized spacial score (nSPS) is 20.0. The molecule has 5 heteroatoms. The van der Waals surface area contributed by atoms with E-state index < -0.39 is 0 Å². The van der Waals surface area contributed by atoms with Crippen molar-refractivity contribution in [3.05, 3.63) is 10.4 Å². The van der Waals surface area contributed by atoms with Gasteiger partial charge in [0.15, 0.2) is 0 Å². The molecule has 2 aliphatic rings. The van der Waals surface area contributed by atoms with E-state index in [0.717, 1.165) is 49.1 Å². The fraction of sp³-hybridized carbons (Fsp3) is 0.722. The summed E-state index contributed by atoms with van der Waals surface area (Å²) in [6.45, 7) is 5.44. The second kappa shape index (κ2) is 7.67. The maximum absolute atomic E-state index is 12.3. The van der Waals surface area contributed by atoms with Gasteiger partial charge in [0.1, 0.15) is 5.00 Å². The number of nitrogens with one attached hydrogen (secondary N) is 1. The molecule has 0 radical (unpaired) electrons. The van der Waals surface area contributed by atoms with E-state index >= 15 is 0 Å². The van der Waals surface area contributed by atoms with Gasteiger partial charge < -0.3 is 16.0 Å². The predicted octanol–water partition coefficient (Wildman–Crippen LogP) is 3.66. The van der Waals surface area contributed by atoms with Crippen molar-refractivity contribution in [1.29, 1.82) is 0 Å². The number of rotatable bonds is 4. The van der Waals surface area contributed by atoms with E-state index in [0.29, 0.717) is 6.42 Å². The Balaban J connectivity index is 1.52. The van der Waals surface area contributed by atoms with Crippen LogP contribution in [-0.2, 0) is 17.6 Å². The Morgan fingerprint density at radius 3 is 2.78 bits per heavy atom. The first-order valence-electron chi connectivity index (χ1n) is 9.05. The monoisotopic (exact) mass is 335 g/mol. The number of carbonyl (C=O) groups is 1. The van der Waals surface area contributed by atoms with Gasteiger partial charge in [-0.1, -0.05) is 13.3 Å². The third-order valence-electron chi connectivity index (χ3n) is 5.25. The molecule has 128 valence electrons. The number of hydrogen-bond acceptors (Lipinski definition) is 4. The average molecular weight is 336 g/mol. The van der Waals surface area contributed by atoms with Crippen molar-refractivity contribution in [2.45, 2.75) is 58.3 Å². The molecule has 23 heavy (non-hydrogen) atoms. The van der Waals surface area contributed by atoms with Crippen LogP contribution >= 0.6 is 11.3 Å². The predicted molar refractivity (Wildman–Crippen MR) is 98.1 cm³/mol. The summed E-state index contributed by atoms with van der Waals surface area (Å²) >= 11 is 1.69. The Bertz CT molecular complexity index is 547. The van der Waals surface area contributed by atoms with Crippen molar-refractivity contribution >= 4 is 27.9 Å². The van der Waals surface area contributed by atoms with Crippen LogP contribution in [0.3, 0.4) is 0 Å². The molecule has 1 fully saturated rings. The standard InChI is InChI=1S/C18H29N3OS/c1-13-7-10-21(11-8-13)12-9-16(22)20-18-17(19)14-5-3-2-4-6-15(14)23-18/h13H,2-12,19H2,1H3,(H,20,22). The van der Waals surface area contributed by atoms with Crippen molar-refractivity contribution in [3.63, 3.8) is 0 Å². The number of thiophene rings is 1. The van der Waals surface area contributed by atoms with Crippen molar-refractivity contribution in [1.82, 2.24) is 4.90 Å². The van der Waals surface area contributed by atoms with E-state index in [-0.39, 0.29) is 5.91 Å². The number of likely N-dealkylation sites (tertiary alicyclic amines) is 1. The lowest BCUT2D eigenvalue weighted by molar-refractivity contribution is -0.116. The summed E-state index contributed by atoms with van der Waals surface area (Å²) in [5.74, 6) is 0.938. The molecule has 2 heterocycles. The molecule has 4 nitrogen and oxygen atoms in total. The van der Waals surface area contributed by atoms with E-state index in [9.17, 15) is 4.79 Å². The first kappa shape index (κ1) is 16.8. The molecule has 1 aliphatic heterocycles. The molecule has 1 aromatic rings. The third-order valence-corrected chi connectivity index (χ3v) is 6.47. The van der Waals surface area contributed by atoms with Crippen LogP contribution in [0.4, 0.5) is 10.7 Å². The van der Waals surface area contributed by atoms with Crippen molar-refractivity contribution in [2.75, 3.05) is 30.7 Å². The maximum Gasteiger partial charge on any atom is 0.226 e. The minimum absolute atomic E-state index is 0.103. The minimum Gasteiger partial charge on any atom is -0.396 e. The summed E-state index contributed by atoms with van der Waals surface area (Å²) in [4.78, 5) is 16.1.